The van der Waals surface area contributed by atoms with Crippen LogP contribution in [0.3, 0.4) is 0 Å². The van der Waals surface area contributed by atoms with Crippen molar-refractivity contribution in [2.45, 2.75) is 50.6 Å². The molecule has 1 aliphatic carbocycles. The smallest absolute Gasteiger partial charge is 0.230 e. The number of aromatic nitrogens is 2. The van der Waals surface area contributed by atoms with E-state index in [0.717, 1.165) is 37.5 Å². The maximum Gasteiger partial charge on any atom is 0.230 e. The molecule has 0 N–H and O–H groups in total. The van der Waals surface area contributed by atoms with E-state index in [2.05, 4.69) is 34.1 Å². The third kappa shape index (κ3) is 3.34. The molecule has 2 aliphatic rings. The topological polar surface area (TPSA) is 45.4 Å². The van der Waals surface area contributed by atoms with Crippen molar-refractivity contribution in [1.82, 2.24) is 20.0 Å². The minimum atomic E-state index is 0.559. The van der Waals surface area contributed by atoms with E-state index in [1.807, 2.05) is 0 Å². The van der Waals surface area contributed by atoms with Gasteiger partial charge in [-0.1, -0.05) is 0 Å². The van der Waals surface area contributed by atoms with Crippen LogP contribution in [0.1, 0.15) is 49.8 Å². The largest absolute Gasteiger partial charge is 0.424 e. The summed E-state index contributed by atoms with van der Waals surface area (Å²) >= 11 is 0. The van der Waals surface area contributed by atoms with Gasteiger partial charge in [-0.2, -0.15) is 0 Å². The molecule has 1 aromatic rings. The first-order valence-corrected chi connectivity index (χ1v) is 7.43. The SMILES string of the molecule is CN(C)[C@@H]1CCCN(Cc2nnc(C3CC3)o2)CC1. The average molecular weight is 264 g/mol. The molecule has 2 heterocycles. The third-order valence-corrected chi connectivity index (χ3v) is 4.29. The molecule has 0 bridgehead atoms. The van der Waals surface area contributed by atoms with Gasteiger partial charge < -0.3 is 9.32 Å². The first-order valence-electron chi connectivity index (χ1n) is 7.43. The van der Waals surface area contributed by atoms with Gasteiger partial charge in [0.2, 0.25) is 11.8 Å². The molecule has 1 atom stereocenters. The summed E-state index contributed by atoms with van der Waals surface area (Å²) in [6, 6.07) is 0.717. The molecular weight excluding hydrogens is 240 g/mol. The highest BCUT2D eigenvalue weighted by Gasteiger charge is 2.29. The maximum absolute atomic E-state index is 5.75. The summed E-state index contributed by atoms with van der Waals surface area (Å²) in [5, 5.41) is 8.35. The molecule has 106 valence electrons. The highest BCUT2D eigenvalue weighted by atomic mass is 16.4. The van der Waals surface area contributed by atoms with Crippen molar-refractivity contribution < 1.29 is 4.42 Å². The van der Waals surface area contributed by atoms with Crippen molar-refractivity contribution in [2.75, 3.05) is 27.2 Å². The van der Waals surface area contributed by atoms with E-state index in [9.17, 15) is 0 Å². The van der Waals surface area contributed by atoms with E-state index in [1.165, 1.54) is 32.1 Å². The Hall–Kier alpha value is -0.940. The molecule has 5 heteroatoms. The summed E-state index contributed by atoms with van der Waals surface area (Å²) in [7, 11) is 4.36. The molecule has 0 unspecified atom stereocenters. The molecule has 0 aromatic carbocycles. The summed E-state index contributed by atoms with van der Waals surface area (Å²) in [5.74, 6) is 2.21. The molecule has 5 nitrogen and oxygen atoms in total. The normalized spacial score (nSPS) is 25.7. The third-order valence-electron chi connectivity index (χ3n) is 4.29. The van der Waals surface area contributed by atoms with E-state index >= 15 is 0 Å². The van der Waals surface area contributed by atoms with E-state index < -0.39 is 0 Å². The van der Waals surface area contributed by atoms with Gasteiger partial charge in [0.15, 0.2) is 0 Å². The Balaban J connectivity index is 1.54. The monoisotopic (exact) mass is 264 g/mol. The van der Waals surface area contributed by atoms with E-state index in [0.29, 0.717) is 5.92 Å². The number of nitrogens with zero attached hydrogens (tertiary/aromatic N) is 4. The van der Waals surface area contributed by atoms with Gasteiger partial charge in [-0.15, -0.1) is 10.2 Å². The Morgan fingerprint density at radius 1 is 1.16 bits per heavy atom. The molecule has 0 spiro atoms. The second-order valence-electron chi connectivity index (χ2n) is 6.13. The first kappa shape index (κ1) is 13.1. The standard InChI is InChI=1S/C14H24N4O/c1-17(2)12-4-3-8-18(9-7-12)10-13-15-16-14(19-13)11-5-6-11/h11-12H,3-10H2,1-2H3/t12-/m1/s1. The van der Waals surface area contributed by atoms with Gasteiger partial charge in [0.1, 0.15) is 0 Å². The Morgan fingerprint density at radius 2 is 2.00 bits per heavy atom. The van der Waals surface area contributed by atoms with Gasteiger partial charge in [-0.05, 0) is 52.7 Å². The van der Waals surface area contributed by atoms with E-state index in [1.54, 1.807) is 0 Å². The fourth-order valence-corrected chi connectivity index (χ4v) is 2.83. The van der Waals surface area contributed by atoms with Crippen molar-refractivity contribution in [3.63, 3.8) is 0 Å². The van der Waals surface area contributed by atoms with Crippen LogP contribution >= 0.6 is 0 Å². The van der Waals surface area contributed by atoms with Crippen molar-refractivity contribution in [3.05, 3.63) is 11.8 Å². The number of likely N-dealkylation sites (tertiary alicyclic amines) is 1. The van der Waals surface area contributed by atoms with Crippen LogP contribution < -0.4 is 0 Å². The zero-order valence-electron chi connectivity index (χ0n) is 12.0. The Bertz CT molecular complexity index is 413. The predicted octanol–water partition coefficient (Wildman–Crippen LogP) is 1.86. The molecule has 1 aromatic heterocycles. The molecular formula is C14H24N4O. The predicted molar refractivity (Wildman–Crippen MR) is 72.9 cm³/mol. The zero-order chi connectivity index (χ0) is 13.2. The number of hydrogen-bond acceptors (Lipinski definition) is 5. The molecule has 1 saturated carbocycles. The van der Waals surface area contributed by atoms with Gasteiger partial charge in [-0.3, -0.25) is 4.90 Å². The fraction of sp³-hybridized carbons (Fsp3) is 0.857. The summed E-state index contributed by atoms with van der Waals surface area (Å²) in [5.41, 5.74) is 0. The Labute approximate surface area is 115 Å². The highest BCUT2D eigenvalue weighted by Crippen LogP contribution is 2.39. The quantitative estimate of drug-likeness (QED) is 0.830. The van der Waals surface area contributed by atoms with Crippen LogP contribution in [0.15, 0.2) is 4.42 Å². The van der Waals surface area contributed by atoms with E-state index in [-0.39, 0.29) is 0 Å². The van der Waals surface area contributed by atoms with Gasteiger partial charge in [0, 0.05) is 18.5 Å². The molecule has 3 rings (SSSR count). The van der Waals surface area contributed by atoms with Crippen LogP contribution in [-0.2, 0) is 6.54 Å². The molecule has 19 heavy (non-hydrogen) atoms. The molecule has 0 radical (unpaired) electrons. The van der Waals surface area contributed by atoms with Gasteiger partial charge in [0.05, 0.1) is 6.54 Å². The second-order valence-corrected chi connectivity index (χ2v) is 6.13. The average Bonchev–Trinajstić information content (AvgIpc) is 3.16. The lowest BCUT2D eigenvalue weighted by Crippen LogP contribution is -2.30. The van der Waals surface area contributed by atoms with Crippen molar-refractivity contribution >= 4 is 0 Å². The van der Waals surface area contributed by atoms with Crippen molar-refractivity contribution in [3.8, 4) is 0 Å². The van der Waals surface area contributed by atoms with Gasteiger partial charge in [-0.25, -0.2) is 0 Å². The lowest BCUT2D eigenvalue weighted by Gasteiger charge is -2.22. The van der Waals surface area contributed by atoms with Crippen LogP contribution in [-0.4, -0.2) is 53.2 Å². The van der Waals surface area contributed by atoms with Crippen LogP contribution in [0, 0.1) is 0 Å². The van der Waals surface area contributed by atoms with Gasteiger partial charge >= 0.3 is 0 Å². The van der Waals surface area contributed by atoms with Crippen LogP contribution in [0.2, 0.25) is 0 Å². The summed E-state index contributed by atoms with van der Waals surface area (Å²) in [6.07, 6.45) is 6.22. The van der Waals surface area contributed by atoms with Crippen LogP contribution in [0.4, 0.5) is 0 Å². The lowest BCUT2D eigenvalue weighted by atomic mass is 10.1. The van der Waals surface area contributed by atoms with Gasteiger partial charge in [0.25, 0.3) is 0 Å². The highest BCUT2D eigenvalue weighted by molar-refractivity contribution is 5.00. The zero-order valence-corrected chi connectivity index (χ0v) is 12.0. The summed E-state index contributed by atoms with van der Waals surface area (Å²) in [6.45, 7) is 3.09. The van der Waals surface area contributed by atoms with Crippen molar-refractivity contribution in [2.24, 2.45) is 0 Å². The second kappa shape index (κ2) is 5.59. The summed E-state index contributed by atoms with van der Waals surface area (Å²) in [4.78, 5) is 4.80. The van der Waals surface area contributed by atoms with Crippen molar-refractivity contribution in [1.29, 1.82) is 0 Å². The van der Waals surface area contributed by atoms with Crippen LogP contribution in [0.5, 0.6) is 0 Å². The molecule has 1 saturated heterocycles. The number of rotatable bonds is 4. The van der Waals surface area contributed by atoms with Crippen LogP contribution in [0.25, 0.3) is 0 Å². The summed E-state index contributed by atoms with van der Waals surface area (Å²) < 4.78 is 5.75. The maximum atomic E-state index is 5.75. The minimum absolute atomic E-state index is 0.559. The molecule has 2 fully saturated rings. The fourth-order valence-electron chi connectivity index (χ4n) is 2.83. The number of hydrogen-bond donors (Lipinski definition) is 0. The van der Waals surface area contributed by atoms with E-state index in [4.69, 9.17) is 4.42 Å². The molecule has 0 amide bonds. The minimum Gasteiger partial charge on any atom is -0.424 e. The Kier molecular flexibility index (Phi) is 3.84. The lowest BCUT2D eigenvalue weighted by molar-refractivity contribution is 0.229. The Morgan fingerprint density at radius 3 is 2.74 bits per heavy atom. The first-order chi connectivity index (χ1) is 9.22. The molecule has 1 aliphatic heterocycles.